The fourth-order valence-electron chi connectivity index (χ4n) is 7.08. The zero-order valence-corrected chi connectivity index (χ0v) is 27.4. The van der Waals surface area contributed by atoms with Crippen LogP contribution in [-0.2, 0) is 25.6 Å². The summed E-state index contributed by atoms with van der Waals surface area (Å²) in [5.74, 6) is -0.337. The van der Waals surface area contributed by atoms with Crippen LogP contribution in [0, 0.1) is 0 Å². The van der Waals surface area contributed by atoms with Crippen molar-refractivity contribution in [3.8, 4) is 28.7 Å². The average Bonchev–Trinajstić information content (AvgIpc) is 3.80. The molecule has 0 saturated carbocycles. The van der Waals surface area contributed by atoms with Gasteiger partial charge in [0, 0.05) is 34.5 Å². The molecule has 0 radical (unpaired) electrons. The van der Waals surface area contributed by atoms with Gasteiger partial charge < -0.3 is 53.6 Å². The number of aliphatic hydroxyl groups is 3. The predicted octanol–water partition coefficient (Wildman–Crippen LogP) is -0.686. The third-order valence-electron chi connectivity index (χ3n) is 9.43. The molecule has 0 aromatic heterocycles. The molecule has 50 heavy (non-hydrogen) atoms. The Morgan fingerprint density at radius 1 is 1.12 bits per heavy atom. The fraction of sp³-hybridized carbons (Fsp3) is 0.441. The van der Waals surface area contributed by atoms with Crippen LogP contribution in [0.5, 0.6) is 28.7 Å². The molecule has 7 rings (SSSR count). The van der Waals surface area contributed by atoms with E-state index < -0.39 is 61.4 Å². The summed E-state index contributed by atoms with van der Waals surface area (Å²) in [5.41, 5.74) is 4.59. The fourth-order valence-corrected chi connectivity index (χ4v) is 7.08. The number of hydrogen-bond donors (Lipinski definition) is 6. The zero-order chi connectivity index (χ0) is 35.3. The summed E-state index contributed by atoms with van der Waals surface area (Å²) in [6.07, 6.45) is -5.13. The number of nitrogens with zero attached hydrogens (tertiary/aromatic N) is 1. The lowest BCUT2D eigenvalue weighted by Gasteiger charge is -2.42. The number of ether oxygens (including phenoxy) is 7. The van der Waals surface area contributed by atoms with Gasteiger partial charge in [-0.3, -0.25) is 24.8 Å². The number of esters is 1. The Hall–Kier alpha value is -4.71. The number of methoxy groups -OCH3 is 2. The van der Waals surface area contributed by atoms with E-state index in [1.807, 2.05) is 18.2 Å². The van der Waals surface area contributed by atoms with E-state index in [0.29, 0.717) is 36.1 Å². The van der Waals surface area contributed by atoms with Crippen molar-refractivity contribution in [2.24, 2.45) is 4.99 Å². The second-order valence-electron chi connectivity index (χ2n) is 12.5. The predicted molar refractivity (Wildman–Crippen MR) is 170 cm³/mol. The third kappa shape index (κ3) is 6.03. The number of carbonyl (C=O) groups is 2. The van der Waals surface area contributed by atoms with Crippen molar-refractivity contribution in [1.82, 2.24) is 5.32 Å². The molecule has 9 atom stereocenters. The zero-order valence-electron chi connectivity index (χ0n) is 27.4. The molecule has 6 N–H and O–H groups in total. The minimum absolute atomic E-state index is 0.148. The summed E-state index contributed by atoms with van der Waals surface area (Å²) in [4.78, 5) is 28.6. The van der Waals surface area contributed by atoms with Crippen LogP contribution >= 0.6 is 0 Å². The minimum atomic E-state index is -1.77. The molecule has 2 aromatic carbocycles. The van der Waals surface area contributed by atoms with E-state index >= 15 is 0 Å². The molecule has 5 heterocycles. The number of likely N-dealkylation sites (N-methyl/N-ethyl adjacent to an activating group) is 1. The highest BCUT2D eigenvalue weighted by Crippen LogP contribution is 2.57. The number of hydrogen-bond acceptors (Lipinski definition) is 14. The number of allylic oxidation sites excluding steroid dienone is 1. The van der Waals surface area contributed by atoms with E-state index in [4.69, 9.17) is 38.3 Å². The Balaban J connectivity index is 1.20. The second kappa shape index (κ2) is 13.5. The van der Waals surface area contributed by atoms with Crippen LogP contribution in [0.25, 0.3) is 0 Å². The maximum absolute atomic E-state index is 12.1. The van der Waals surface area contributed by atoms with Crippen molar-refractivity contribution in [2.75, 3.05) is 34.4 Å². The molecule has 5 aliphatic rings. The van der Waals surface area contributed by atoms with Crippen LogP contribution < -0.4 is 33.9 Å². The van der Waals surface area contributed by atoms with Gasteiger partial charge >= 0.3 is 11.9 Å². The van der Waals surface area contributed by atoms with E-state index in [9.17, 15) is 24.9 Å². The lowest BCUT2D eigenvalue weighted by atomic mass is 9.86. The van der Waals surface area contributed by atoms with Gasteiger partial charge in [-0.25, -0.2) is 0 Å². The van der Waals surface area contributed by atoms with Gasteiger partial charge in [0.15, 0.2) is 17.7 Å². The average molecular weight is 697 g/mol. The molecule has 16 heteroatoms. The van der Waals surface area contributed by atoms with Gasteiger partial charge in [-0.05, 0) is 25.3 Å². The van der Waals surface area contributed by atoms with Gasteiger partial charge in [0.2, 0.25) is 12.0 Å². The van der Waals surface area contributed by atoms with Gasteiger partial charge in [0.25, 0.3) is 0 Å². The molecule has 0 bridgehead atoms. The van der Waals surface area contributed by atoms with Crippen molar-refractivity contribution in [3.05, 3.63) is 64.5 Å². The van der Waals surface area contributed by atoms with E-state index in [0.717, 1.165) is 32.9 Å². The summed E-state index contributed by atoms with van der Waals surface area (Å²) in [6, 6.07) is 7.22. The lowest BCUT2D eigenvalue weighted by Crippen LogP contribution is -3.04. The normalized spacial score (nSPS) is 29.2. The summed E-state index contributed by atoms with van der Waals surface area (Å²) in [6.45, 7) is 1.48. The van der Waals surface area contributed by atoms with Gasteiger partial charge in [0.05, 0.1) is 26.7 Å². The van der Waals surface area contributed by atoms with Gasteiger partial charge in [-0.1, -0.05) is 6.07 Å². The first-order chi connectivity index (χ1) is 24.1. The van der Waals surface area contributed by atoms with Crippen molar-refractivity contribution >= 4 is 18.2 Å². The summed E-state index contributed by atoms with van der Waals surface area (Å²) in [5, 5.41) is 44.0. The summed E-state index contributed by atoms with van der Waals surface area (Å²) in [7, 11) is 4.51. The second-order valence-corrected chi connectivity index (χ2v) is 12.5. The number of aliphatic hydroxyl groups excluding tert-OH is 3. The molecular formula is C34H38N3O13+. The number of fused-ring (bicyclic) bond motifs is 6. The van der Waals surface area contributed by atoms with E-state index in [1.165, 1.54) is 7.05 Å². The largest absolute Gasteiger partial charge is 0.493 e. The standard InChI is InChI=1S/C34H37N3O13/c1-35-33(48-24(40)10-23(38)39)32-27(42)26(41)28(43)34(50-32)47-17-8-16(12-37-11-15-6-7-36-20(15)13-37)25-22(9-17)46-14-19-18-4-5-21(44-2)31(45-3)30(18)49-29(19)25/h4-9,13,19,26-29,32-35,41-43H,10-12,14H2,1-3H3,(H,38,39)/p+1. The summed E-state index contributed by atoms with van der Waals surface area (Å²) < 4.78 is 41.3. The molecule has 0 amide bonds. The Morgan fingerprint density at radius 2 is 1.94 bits per heavy atom. The first-order valence-corrected chi connectivity index (χ1v) is 16.1. The molecule has 2 aromatic rings. The Kier molecular flexibility index (Phi) is 9.15. The number of aliphatic carboxylic acids is 1. The van der Waals surface area contributed by atoms with Crippen LogP contribution in [0.2, 0.25) is 0 Å². The number of quaternary nitrogens is 1. The highest BCUT2D eigenvalue weighted by atomic mass is 16.7. The van der Waals surface area contributed by atoms with Crippen LogP contribution in [0.15, 0.2) is 52.8 Å². The number of rotatable bonds is 11. The molecule has 16 nitrogen and oxygen atoms in total. The number of carboxylic acid groups (broad SMARTS) is 1. The molecular weight excluding hydrogens is 658 g/mol. The van der Waals surface area contributed by atoms with E-state index in [1.54, 1.807) is 32.6 Å². The number of nitrogens with one attached hydrogen (secondary N) is 2. The van der Waals surface area contributed by atoms with Gasteiger partial charge in [-0.15, -0.1) is 0 Å². The molecule has 9 unspecified atom stereocenters. The molecule has 0 spiro atoms. The molecule has 1 saturated heterocycles. The number of aliphatic imine (C=N–C) groups is 1. The lowest BCUT2D eigenvalue weighted by molar-refractivity contribution is -0.851. The van der Waals surface area contributed by atoms with Gasteiger partial charge in [-0.2, -0.15) is 0 Å². The Bertz CT molecular complexity index is 1780. The van der Waals surface area contributed by atoms with Crippen LogP contribution in [0.3, 0.4) is 0 Å². The maximum atomic E-state index is 12.1. The monoisotopic (exact) mass is 696 g/mol. The molecule has 266 valence electrons. The first kappa shape index (κ1) is 33.8. The van der Waals surface area contributed by atoms with Crippen LogP contribution in [0.1, 0.15) is 35.1 Å². The topological polar surface area (TPSA) is 208 Å². The SMILES string of the molecule is CNC(OC(=O)CC(=O)O)C1OC(Oc2cc(C[NH+]3C=C4N=CC=C4C3)c3c(c2)OCC2c4ccc(OC)c(OC)c4OC32)C(O)C(O)C1O. The molecule has 0 aliphatic carbocycles. The number of carboxylic acids is 1. The minimum Gasteiger partial charge on any atom is -0.493 e. The number of carbonyl (C=O) groups excluding carboxylic acids is 1. The highest BCUT2D eigenvalue weighted by Gasteiger charge is 2.50. The van der Waals surface area contributed by atoms with Crippen LogP contribution in [0.4, 0.5) is 0 Å². The van der Waals surface area contributed by atoms with Gasteiger partial charge in [0.1, 0.15) is 73.4 Å². The first-order valence-electron chi connectivity index (χ1n) is 16.1. The quantitative estimate of drug-likeness (QED) is 0.0978. The maximum Gasteiger partial charge on any atom is 0.318 e. The Labute approximate surface area is 286 Å². The smallest absolute Gasteiger partial charge is 0.318 e. The number of benzene rings is 2. The van der Waals surface area contributed by atoms with Crippen molar-refractivity contribution in [1.29, 1.82) is 0 Å². The molecule has 5 aliphatic heterocycles. The van der Waals surface area contributed by atoms with Crippen LogP contribution in [-0.4, -0.2) is 110 Å². The van der Waals surface area contributed by atoms with Crippen molar-refractivity contribution in [3.63, 3.8) is 0 Å². The third-order valence-corrected chi connectivity index (χ3v) is 9.43. The van der Waals surface area contributed by atoms with E-state index in [-0.39, 0.29) is 18.3 Å². The van der Waals surface area contributed by atoms with Crippen molar-refractivity contribution < 1.29 is 68.1 Å². The van der Waals surface area contributed by atoms with E-state index in [2.05, 4.69) is 16.5 Å². The Morgan fingerprint density at radius 3 is 2.66 bits per heavy atom. The van der Waals surface area contributed by atoms with Crippen molar-refractivity contribution in [2.45, 2.75) is 61.9 Å². The summed E-state index contributed by atoms with van der Waals surface area (Å²) >= 11 is 0. The highest BCUT2D eigenvalue weighted by molar-refractivity contribution is 5.90. The molecule has 1 fully saturated rings.